The Morgan fingerprint density at radius 3 is 1.33 bits per heavy atom. The lowest BCUT2D eigenvalue weighted by Crippen LogP contribution is -2.12. The Bertz CT molecular complexity index is 329. The van der Waals surface area contributed by atoms with Crippen molar-refractivity contribution in [3.05, 3.63) is 0 Å². The maximum Gasteiger partial charge on any atom is 0.308 e. The van der Waals surface area contributed by atoms with Gasteiger partial charge < -0.3 is 18.9 Å². The summed E-state index contributed by atoms with van der Waals surface area (Å²) in [5, 5.41) is 0. The third-order valence-electron chi connectivity index (χ3n) is 2.36. The molecule has 0 aromatic heterocycles. The smallest absolute Gasteiger partial charge is 0.308 e. The standard InChI is InChI=1S/C13H20O8/c1-18-10(14)6-8-20-12(16)4-3-5-13(17)21-9-7-11(15)19-2/h3-9H2,1-2H3. The summed E-state index contributed by atoms with van der Waals surface area (Å²) in [4.78, 5) is 44.0. The Morgan fingerprint density at radius 1 is 0.619 bits per heavy atom. The molecule has 0 atom stereocenters. The van der Waals surface area contributed by atoms with Crippen molar-refractivity contribution < 1.29 is 38.1 Å². The van der Waals surface area contributed by atoms with Gasteiger partial charge in [-0.2, -0.15) is 0 Å². The molecule has 0 unspecified atom stereocenters. The lowest BCUT2D eigenvalue weighted by atomic mass is 10.2. The van der Waals surface area contributed by atoms with Crippen LogP contribution in [-0.2, 0) is 38.1 Å². The van der Waals surface area contributed by atoms with E-state index in [0.29, 0.717) is 0 Å². The van der Waals surface area contributed by atoms with Gasteiger partial charge in [0, 0.05) is 12.8 Å². The molecule has 0 aliphatic carbocycles. The van der Waals surface area contributed by atoms with Gasteiger partial charge in [-0.05, 0) is 6.42 Å². The summed E-state index contributed by atoms with van der Waals surface area (Å²) in [6, 6.07) is 0. The quantitative estimate of drug-likeness (QED) is 0.421. The van der Waals surface area contributed by atoms with Crippen LogP contribution in [-0.4, -0.2) is 51.3 Å². The van der Waals surface area contributed by atoms with Crippen LogP contribution < -0.4 is 0 Å². The van der Waals surface area contributed by atoms with E-state index < -0.39 is 23.9 Å². The van der Waals surface area contributed by atoms with E-state index in [9.17, 15) is 19.2 Å². The predicted molar refractivity (Wildman–Crippen MR) is 69.0 cm³/mol. The average Bonchev–Trinajstić information content (AvgIpc) is 2.46. The monoisotopic (exact) mass is 304 g/mol. The fourth-order valence-electron chi connectivity index (χ4n) is 1.22. The molecule has 0 aliphatic heterocycles. The highest BCUT2D eigenvalue weighted by atomic mass is 16.5. The molecule has 0 bridgehead atoms. The fraction of sp³-hybridized carbons (Fsp3) is 0.692. The minimum Gasteiger partial charge on any atom is -0.469 e. The van der Waals surface area contributed by atoms with Gasteiger partial charge in [0.05, 0.1) is 27.1 Å². The summed E-state index contributed by atoms with van der Waals surface area (Å²) in [5.74, 6) is -1.92. The van der Waals surface area contributed by atoms with Crippen LogP contribution in [0.3, 0.4) is 0 Å². The molecule has 0 saturated carbocycles. The molecule has 0 saturated heterocycles. The molecule has 21 heavy (non-hydrogen) atoms. The molecule has 0 heterocycles. The van der Waals surface area contributed by atoms with Crippen molar-refractivity contribution >= 4 is 23.9 Å². The largest absolute Gasteiger partial charge is 0.469 e. The Hall–Kier alpha value is -2.12. The molecule has 8 nitrogen and oxygen atoms in total. The van der Waals surface area contributed by atoms with Crippen molar-refractivity contribution in [2.45, 2.75) is 32.1 Å². The molecule has 0 aliphatic rings. The van der Waals surface area contributed by atoms with E-state index in [-0.39, 0.29) is 45.3 Å². The maximum absolute atomic E-state index is 11.2. The molecule has 0 aromatic rings. The van der Waals surface area contributed by atoms with Crippen molar-refractivity contribution in [1.82, 2.24) is 0 Å². The maximum atomic E-state index is 11.2. The molecular weight excluding hydrogens is 284 g/mol. The normalized spacial score (nSPS) is 9.62. The summed E-state index contributed by atoms with van der Waals surface area (Å²) in [5.41, 5.74) is 0. The van der Waals surface area contributed by atoms with Crippen molar-refractivity contribution in [2.75, 3.05) is 27.4 Å². The lowest BCUT2D eigenvalue weighted by molar-refractivity contribution is -0.148. The molecule has 8 heteroatoms. The molecule has 0 aromatic carbocycles. The first-order valence-corrected chi connectivity index (χ1v) is 6.44. The lowest BCUT2D eigenvalue weighted by Gasteiger charge is -2.05. The third-order valence-corrected chi connectivity index (χ3v) is 2.36. The van der Waals surface area contributed by atoms with Crippen molar-refractivity contribution in [3.63, 3.8) is 0 Å². The Labute approximate surface area is 122 Å². The molecular formula is C13H20O8. The number of carbonyl (C=O) groups is 4. The Balaban J connectivity index is 3.55. The zero-order chi connectivity index (χ0) is 16.1. The van der Waals surface area contributed by atoms with Crippen molar-refractivity contribution in [2.24, 2.45) is 0 Å². The first-order chi connectivity index (χ1) is 9.99. The SMILES string of the molecule is COC(=O)CCOC(=O)CCCC(=O)OCCC(=O)OC. The van der Waals surface area contributed by atoms with Crippen LogP contribution >= 0.6 is 0 Å². The molecule has 0 N–H and O–H groups in total. The minimum atomic E-state index is -0.499. The number of ether oxygens (including phenoxy) is 4. The van der Waals surface area contributed by atoms with Gasteiger partial charge in [0.2, 0.25) is 0 Å². The zero-order valence-electron chi connectivity index (χ0n) is 12.2. The van der Waals surface area contributed by atoms with E-state index >= 15 is 0 Å². The van der Waals surface area contributed by atoms with E-state index in [1.165, 1.54) is 14.2 Å². The van der Waals surface area contributed by atoms with E-state index in [4.69, 9.17) is 9.47 Å². The zero-order valence-corrected chi connectivity index (χ0v) is 12.2. The van der Waals surface area contributed by atoms with Gasteiger partial charge in [-0.3, -0.25) is 19.2 Å². The first-order valence-electron chi connectivity index (χ1n) is 6.44. The summed E-state index contributed by atoms with van der Waals surface area (Å²) in [7, 11) is 2.49. The predicted octanol–water partition coefficient (Wildman–Crippen LogP) is 0.369. The highest BCUT2D eigenvalue weighted by molar-refractivity contribution is 5.74. The van der Waals surface area contributed by atoms with Gasteiger partial charge in [-0.1, -0.05) is 0 Å². The van der Waals surface area contributed by atoms with Crippen LogP contribution in [0.25, 0.3) is 0 Å². The molecule has 0 fully saturated rings. The third kappa shape index (κ3) is 11.4. The highest BCUT2D eigenvalue weighted by Crippen LogP contribution is 2.01. The van der Waals surface area contributed by atoms with Gasteiger partial charge in [-0.15, -0.1) is 0 Å². The molecule has 0 spiro atoms. The number of hydrogen-bond donors (Lipinski definition) is 0. The molecule has 0 amide bonds. The van der Waals surface area contributed by atoms with E-state index in [2.05, 4.69) is 9.47 Å². The second-order valence-corrected chi connectivity index (χ2v) is 3.95. The second kappa shape index (κ2) is 11.7. The van der Waals surface area contributed by atoms with Crippen LogP contribution in [0.5, 0.6) is 0 Å². The van der Waals surface area contributed by atoms with Crippen LogP contribution in [0, 0.1) is 0 Å². The van der Waals surface area contributed by atoms with Crippen LogP contribution in [0.4, 0.5) is 0 Å². The van der Waals surface area contributed by atoms with Gasteiger partial charge >= 0.3 is 23.9 Å². The summed E-state index contributed by atoms with van der Waals surface area (Å²) in [6.45, 7) is -0.0931. The van der Waals surface area contributed by atoms with Crippen LogP contribution in [0.15, 0.2) is 0 Å². The molecule has 0 rings (SSSR count). The van der Waals surface area contributed by atoms with Gasteiger partial charge in [0.15, 0.2) is 0 Å². The van der Waals surface area contributed by atoms with Crippen LogP contribution in [0.1, 0.15) is 32.1 Å². The first kappa shape index (κ1) is 18.9. The van der Waals surface area contributed by atoms with E-state index in [1.54, 1.807) is 0 Å². The summed E-state index contributed by atoms with van der Waals surface area (Å²) >= 11 is 0. The number of esters is 4. The number of rotatable bonds is 10. The Kier molecular flexibility index (Phi) is 10.5. The van der Waals surface area contributed by atoms with E-state index in [0.717, 1.165) is 0 Å². The topological polar surface area (TPSA) is 105 Å². The number of methoxy groups -OCH3 is 2. The van der Waals surface area contributed by atoms with Gasteiger partial charge in [-0.25, -0.2) is 0 Å². The summed E-state index contributed by atoms with van der Waals surface area (Å²) < 4.78 is 18.3. The Morgan fingerprint density at radius 2 is 1.00 bits per heavy atom. The van der Waals surface area contributed by atoms with E-state index in [1.807, 2.05) is 0 Å². The average molecular weight is 304 g/mol. The van der Waals surface area contributed by atoms with Gasteiger partial charge in [0.25, 0.3) is 0 Å². The highest BCUT2D eigenvalue weighted by Gasteiger charge is 2.09. The van der Waals surface area contributed by atoms with Crippen molar-refractivity contribution in [3.8, 4) is 0 Å². The number of carbonyl (C=O) groups excluding carboxylic acids is 4. The summed E-state index contributed by atoms with van der Waals surface area (Å²) in [6.07, 6.45) is 0.365. The minimum absolute atomic E-state index is 0.00217. The molecule has 0 radical (unpaired) electrons. The second-order valence-electron chi connectivity index (χ2n) is 3.95. The van der Waals surface area contributed by atoms with Gasteiger partial charge in [0.1, 0.15) is 13.2 Å². The van der Waals surface area contributed by atoms with Crippen LogP contribution in [0.2, 0.25) is 0 Å². The fourth-order valence-corrected chi connectivity index (χ4v) is 1.22. The molecule has 120 valence electrons. The van der Waals surface area contributed by atoms with Crippen molar-refractivity contribution in [1.29, 1.82) is 0 Å². The number of hydrogen-bond acceptors (Lipinski definition) is 8.